The third-order valence-corrected chi connectivity index (χ3v) is 3.36. The van der Waals surface area contributed by atoms with E-state index in [4.69, 9.17) is 4.42 Å². The van der Waals surface area contributed by atoms with Gasteiger partial charge in [0, 0.05) is 13.0 Å². The SMILES string of the molecule is C/C(=C\C(=O)Nc1cccc2nc(C)oc12)c1ccccc1. The van der Waals surface area contributed by atoms with Crippen molar-refractivity contribution in [1.29, 1.82) is 0 Å². The second-order valence-electron chi connectivity index (χ2n) is 5.07. The summed E-state index contributed by atoms with van der Waals surface area (Å²) in [5.41, 5.74) is 3.88. The van der Waals surface area contributed by atoms with Crippen LogP contribution >= 0.6 is 0 Å². The summed E-state index contributed by atoms with van der Waals surface area (Å²) in [6, 6.07) is 15.3. The van der Waals surface area contributed by atoms with E-state index in [1.807, 2.05) is 49.4 Å². The quantitative estimate of drug-likeness (QED) is 0.737. The van der Waals surface area contributed by atoms with Gasteiger partial charge in [-0.1, -0.05) is 36.4 Å². The second kappa shape index (κ2) is 5.85. The number of nitrogens with one attached hydrogen (secondary N) is 1. The number of para-hydroxylation sites is 1. The van der Waals surface area contributed by atoms with E-state index in [0.717, 1.165) is 16.7 Å². The molecule has 0 aliphatic rings. The zero-order valence-electron chi connectivity index (χ0n) is 12.5. The Kier molecular flexibility index (Phi) is 3.74. The van der Waals surface area contributed by atoms with E-state index >= 15 is 0 Å². The van der Waals surface area contributed by atoms with Gasteiger partial charge in [-0.3, -0.25) is 4.79 Å². The molecular formula is C18H16N2O2. The first-order chi connectivity index (χ1) is 10.6. The monoisotopic (exact) mass is 292 g/mol. The number of carbonyl (C=O) groups is 1. The summed E-state index contributed by atoms with van der Waals surface area (Å²) in [5.74, 6) is 0.385. The molecule has 0 aliphatic carbocycles. The third-order valence-electron chi connectivity index (χ3n) is 3.36. The number of anilines is 1. The minimum Gasteiger partial charge on any atom is -0.439 e. The summed E-state index contributed by atoms with van der Waals surface area (Å²) in [4.78, 5) is 16.5. The first-order valence-electron chi connectivity index (χ1n) is 7.04. The van der Waals surface area contributed by atoms with Gasteiger partial charge >= 0.3 is 0 Å². The minimum absolute atomic E-state index is 0.192. The molecule has 0 aliphatic heterocycles. The van der Waals surface area contributed by atoms with Crippen LogP contribution < -0.4 is 5.32 Å². The van der Waals surface area contributed by atoms with Crippen LogP contribution in [0.4, 0.5) is 5.69 Å². The molecule has 1 aromatic heterocycles. The maximum absolute atomic E-state index is 12.2. The average Bonchev–Trinajstić information content (AvgIpc) is 2.89. The molecule has 3 rings (SSSR count). The molecule has 0 spiro atoms. The Morgan fingerprint density at radius 2 is 1.91 bits per heavy atom. The minimum atomic E-state index is -0.192. The fraction of sp³-hybridized carbons (Fsp3) is 0.111. The van der Waals surface area contributed by atoms with E-state index in [2.05, 4.69) is 10.3 Å². The van der Waals surface area contributed by atoms with Gasteiger partial charge in [0.05, 0.1) is 5.69 Å². The highest BCUT2D eigenvalue weighted by atomic mass is 16.3. The highest BCUT2D eigenvalue weighted by molar-refractivity contribution is 6.07. The van der Waals surface area contributed by atoms with E-state index in [1.165, 1.54) is 0 Å². The van der Waals surface area contributed by atoms with Crippen molar-refractivity contribution in [2.75, 3.05) is 5.32 Å². The lowest BCUT2D eigenvalue weighted by Crippen LogP contribution is -2.08. The number of aromatic nitrogens is 1. The first kappa shape index (κ1) is 14.1. The molecule has 0 radical (unpaired) electrons. The Morgan fingerprint density at radius 1 is 1.14 bits per heavy atom. The van der Waals surface area contributed by atoms with Crippen molar-refractivity contribution in [1.82, 2.24) is 4.98 Å². The molecule has 110 valence electrons. The lowest BCUT2D eigenvalue weighted by molar-refractivity contribution is -0.111. The molecule has 1 N–H and O–H groups in total. The molecule has 3 aromatic rings. The van der Waals surface area contributed by atoms with Crippen LogP contribution in [0.5, 0.6) is 0 Å². The van der Waals surface area contributed by atoms with Crippen LogP contribution in [0.25, 0.3) is 16.7 Å². The number of hydrogen-bond acceptors (Lipinski definition) is 3. The van der Waals surface area contributed by atoms with Crippen molar-refractivity contribution in [2.45, 2.75) is 13.8 Å². The van der Waals surface area contributed by atoms with Gasteiger partial charge < -0.3 is 9.73 Å². The number of amides is 1. The van der Waals surface area contributed by atoms with Crippen LogP contribution in [0.15, 0.2) is 59.0 Å². The Morgan fingerprint density at radius 3 is 2.68 bits per heavy atom. The Labute approximate surface area is 128 Å². The van der Waals surface area contributed by atoms with Gasteiger partial charge in [-0.15, -0.1) is 0 Å². The molecule has 0 unspecified atom stereocenters. The standard InChI is InChI=1S/C18H16N2O2/c1-12(14-7-4-3-5-8-14)11-17(21)20-16-10-6-9-15-18(16)22-13(2)19-15/h3-11H,1-2H3,(H,20,21)/b12-11+. The lowest BCUT2D eigenvalue weighted by atomic mass is 10.1. The van der Waals surface area contributed by atoms with Crippen molar-refractivity contribution in [3.63, 3.8) is 0 Å². The Hall–Kier alpha value is -2.88. The summed E-state index contributed by atoms with van der Waals surface area (Å²) >= 11 is 0. The molecule has 4 nitrogen and oxygen atoms in total. The average molecular weight is 292 g/mol. The summed E-state index contributed by atoms with van der Waals surface area (Å²) in [7, 11) is 0. The number of hydrogen-bond donors (Lipinski definition) is 1. The number of nitrogens with zero attached hydrogens (tertiary/aromatic N) is 1. The van der Waals surface area contributed by atoms with Gasteiger partial charge in [0.1, 0.15) is 5.52 Å². The lowest BCUT2D eigenvalue weighted by Gasteiger charge is -2.04. The number of rotatable bonds is 3. The molecule has 0 bridgehead atoms. The highest BCUT2D eigenvalue weighted by Gasteiger charge is 2.09. The van der Waals surface area contributed by atoms with Gasteiger partial charge in [-0.05, 0) is 30.2 Å². The number of allylic oxidation sites excluding steroid dienone is 1. The van der Waals surface area contributed by atoms with E-state index in [0.29, 0.717) is 17.2 Å². The van der Waals surface area contributed by atoms with Crippen LogP contribution in [-0.4, -0.2) is 10.9 Å². The Balaban J connectivity index is 1.84. The molecule has 1 amide bonds. The van der Waals surface area contributed by atoms with Crippen molar-refractivity contribution in [3.8, 4) is 0 Å². The van der Waals surface area contributed by atoms with Gasteiger partial charge in [0.25, 0.3) is 0 Å². The van der Waals surface area contributed by atoms with Crippen LogP contribution in [0.1, 0.15) is 18.4 Å². The molecule has 0 atom stereocenters. The van der Waals surface area contributed by atoms with Crippen LogP contribution in [0, 0.1) is 6.92 Å². The van der Waals surface area contributed by atoms with E-state index in [1.54, 1.807) is 19.1 Å². The zero-order valence-corrected chi connectivity index (χ0v) is 12.5. The predicted molar refractivity (Wildman–Crippen MR) is 87.5 cm³/mol. The smallest absolute Gasteiger partial charge is 0.248 e. The molecular weight excluding hydrogens is 276 g/mol. The number of fused-ring (bicyclic) bond motifs is 1. The van der Waals surface area contributed by atoms with Crippen LogP contribution in [0.3, 0.4) is 0 Å². The fourth-order valence-electron chi connectivity index (χ4n) is 2.31. The summed E-state index contributed by atoms with van der Waals surface area (Å²) in [6.07, 6.45) is 1.58. The number of aryl methyl sites for hydroxylation is 1. The van der Waals surface area contributed by atoms with Gasteiger partial charge in [-0.2, -0.15) is 0 Å². The van der Waals surface area contributed by atoms with E-state index in [-0.39, 0.29) is 5.91 Å². The van der Waals surface area contributed by atoms with E-state index in [9.17, 15) is 4.79 Å². The fourth-order valence-corrected chi connectivity index (χ4v) is 2.31. The first-order valence-corrected chi connectivity index (χ1v) is 7.04. The van der Waals surface area contributed by atoms with Crippen molar-refractivity contribution < 1.29 is 9.21 Å². The molecule has 4 heteroatoms. The maximum atomic E-state index is 12.2. The highest BCUT2D eigenvalue weighted by Crippen LogP contribution is 2.24. The number of carbonyl (C=O) groups excluding carboxylic acids is 1. The molecule has 0 saturated heterocycles. The van der Waals surface area contributed by atoms with Gasteiger partial charge in [0.2, 0.25) is 5.91 Å². The number of oxazole rings is 1. The molecule has 2 aromatic carbocycles. The van der Waals surface area contributed by atoms with Gasteiger partial charge in [0.15, 0.2) is 11.5 Å². The van der Waals surface area contributed by atoms with Crippen LogP contribution in [0.2, 0.25) is 0 Å². The maximum Gasteiger partial charge on any atom is 0.248 e. The van der Waals surface area contributed by atoms with Crippen molar-refractivity contribution >= 4 is 28.3 Å². The zero-order chi connectivity index (χ0) is 15.5. The van der Waals surface area contributed by atoms with Crippen molar-refractivity contribution in [3.05, 3.63) is 66.1 Å². The normalized spacial score (nSPS) is 11.6. The third kappa shape index (κ3) is 2.91. The Bertz CT molecular complexity index is 848. The largest absolute Gasteiger partial charge is 0.439 e. The topological polar surface area (TPSA) is 55.1 Å². The predicted octanol–water partition coefficient (Wildman–Crippen LogP) is 4.18. The van der Waals surface area contributed by atoms with Gasteiger partial charge in [-0.25, -0.2) is 4.98 Å². The molecule has 0 saturated carbocycles. The number of benzene rings is 2. The molecule has 1 heterocycles. The molecule has 0 fully saturated rings. The molecule has 22 heavy (non-hydrogen) atoms. The second-order valence-corrected chi connectivity index (χ2v) is 5.07. The summed E-state index contributed by atoms with van der Waals surface area (Å²) in [6.45, 7) is 3.69. The summed E-state index contributed by atoms with van der Waals surface area (Å²) in [5, 5.41) is 2.85. The van der Waals surface area contributed by atoms with Crippen molar-refractivity contribution in [2.24, 2.45) is 0 Å². The van der Waals surface area contributed by atoms with Crippen LogP contribution in [-0.2, 0) is 4.79 Å². The summed E-state index contributed by atoms with van der Waals surface area (Å²) < 4.78 is 5.54. The van der Waals surface area contributed by atoms with E-state index < -0.39 is 0 Å².